The van der Waals surface area contributed by atoms with Crippen LogP contribution in [0.2, 0.25) is 0 Å². The summed E-state index contributed by atoms with van der Waals surface area (Å²) in [6, 6.07) is 5.10. The Morgan fingerprint density at radius 3 is 2.83 bits per heavy atom. The van der Waals surface area contributed by atoms with Crippen molar-refractivity contribution in [3.63, 3.8) is 0 Å². The van der Waals surface area contributed by atoms with Gasteiger partial charge in [0.2, 0.25) is 0 Å². The number of benzene rings is 1. The highest BCUT2D eigenvalue weighted by molar-refractivity contribution is 9.10. The summed E-state index contributed by atoms with van der Waals surface area (Å²) in [4.78, 5) is 0. The lowest BCUT2D eigenvalue weighted by molar-refractivity contribution is 0.290. The van der Waals surface area contributed by atoms with Crippen LogP contribution in [0.4, 0.5) is 4.39 Å². The smallest absolute Gasteiger partial charge is 0.137 e. The molecule has 0 unspecified atom stereocenters. The van der Waals surface area contributed by atoms with E-state index in [1.54, 1.807) is 18.3 Å². The second kappa shape index (κ2) is 7.17. The second-order valence-corrected chi connectivity index (χ2v) is 4.95. The number of hydrogen-bond donors (Lipinski definition) is 0. The van der Waals surface area contributed by atoms with Crippen LogP contribution in [0.15, 0.2) is 27.8 Å². The highest BCUT2D eigenvalue weighted by Crippen LogP contribution is 2.15. The first-order chi connectivity index (χ1) is 8.50. The van der Waals surface area contributed by atoms with E-state index >= 15 is 0 Å². The van der Waals surface area contributed by atoms with Crippen molar-refractivity contribution < 1.29 is 4.39 Å². The lowest BCUT2D eigenvalue weighted by Crippen LogP contribution is -2.20. The van der Waals surface area contributed by atoms with Crippen molar-refractivity contribution in [2.75, 3.05) is 7.05 Å². The molecular weight excluding hydrogens is 295 g/mol. The molecule has 0 radical (unpaired) electrons. The van der Waals surface area contributed by atoms with Crippen LogP contribution < -0.4 is 0 Å². The Hall–Kier alpha value is -1.34. The van der Waals surface area contributed by atoms with Gasteiger partial charge in [-0.25, -0.2) is 4.39 Å². The summed E-state index contributed by atoms with van der Waals surface area (Å²) >= 11 is 3.13. The van der Waals surface area contributed by atoms with Crippen LogP contribution in [-0.4, -0.2) is 24.3 Å². The monoisotopic (exact) mass is 310 g/mol. The van der Waals surface area contributed by atoms with Gasteiger partial charge in [0.1, 0.15) is 5.82 Å². The minimum Gasteiger partial charge on any atom is -0.298 e. The van der Waals surface area contributed by atoms with Gasteiger partial charge in [-0.2, -0.15) is 5.10 Å². The lowest BCUT2D eigenvalue weighted by atomic mass is 10.2. The van der Waals surface area contributed by atoms with Crippen LogP contribution in [0.1, 0.15) is 25.8 Å². The molecule has 0 fully saturated rings. The third-order valence-corrected chi connectivity index (χ3v) is 2.96. The van der Waals surface area contributed by atoms with Crippen molar-refractivity contribution in [3.05, 3.63) is 34.1 Å². The van der Waals surface area contributed by atoms with Gasteiger partial charge >= 0.3 is 0 Å². The summed E-state index contributed by atoms with van der Waals surface area (Å²) in [5.74, 6) is 5.66. The topological polar surface area (TPSA) is 15.6 Å². The van der Waals surface area contributed by atoms with Crippen LogP contribution in [0.3, 0.4) is 0 Å². The Kier molecular flexibility index (Phi) is 5.87. The van der Waals surface area contributed by atoms with Crippen LogP contribution in [0, 0.1) is 17.7 Å². The molecule has 0 aliphatic heterocycles. The van der Waals surface area contributed by atoms with Gasteiger partial charge in [0.25, 0.3) is 0 Å². The molecule has 0 atom stereocenters. The summed E-state index contributed by atoms with van der Waals surface area (Å²) in [5.41, 5.74) is 0.786. The summed E-state index contributed by atoms with van der Waals surface area (Å²) < 4.78 is 13.4. The van der Waals surface area contributed by atoms with Crippen molar-refractivity contribution in [2.24, 2.45) is 5.10 Å². The molecule has 0 heterocycles. The summed E-state index contributed by atoms with van der Waals surface area (Å²) in [6.45, 7) is 4.14. The molecule has 0 aliphatic rings. The molecule has 0 aliphatic carbocycles. The second-order valence-electron chi connectivity index (χ2n) is 4.10. The van der Waals surface area contributed by atoms with Gasteiger partial charge in [-0.05, 0) is 48.0 Å². The zero-order valence-corrected chi connectivity index (χ0v) is 12.3. The maximum absolute atomic E-state index is 13.0. The van der Waals surface area contributed by atoms with Gasteiger partial charge in [0.05, 0.1) is 4.47 Å². The van der Waals surface area contributed by atoms with Gasteiger partial charge in [-0.15, -0.1) is 0 Å². The van der Waals surface area contributed by atoms with Gasteiger partial charge in [0, 0.05) is 31.3 Å². The molecule has 0 N–H and O–H groups in total. The lowest BCUT2D eigenvalue weighted by Gasteiger charge is -2.16. The average molecular weight is 311 g/mol. The van der Waals surface area contributed by atoms with Gasteiger partial charge in [-0.3, -0.25) is 5.01 Å². The van der Waals surface area contributed by atoms with Crippen LogP contribution in [-0.2, 0) is 0 Å². The molecule has 0 amide bonds. The molecule has 18 heavy (non-hydrogen) atoms. The molecule has 1 aromatic rings. The number of hydrazone groups is 1. The number of nitrogens with zero attached hydrogens (tertiary/aromatic N) is 2. The van der Waals surface area contributed by atoms with E-state index in [-0.39, 0.29) is 5.82 Å². The van der Waals surface area contributed by atoms with E-state index in [9.17, 15) is 4.39 Å². The van der Waals surface area contributed by atoms with E-state index in [0.29, 0.717) is 16.9 Å². The molecule has 0 saturated heterocycles. The van der Waals surface area contributed by atoms with E-state index < -0.39 is 0 Å². The molecule has 0 bridgehead atoms. The average Bonchev–Trinajstić information content (AvgIpc) is 2.32. The van der Waals surface area contributed by atoms with Crippen molar-refractivity contribution in [3.8, 4) is 11.8 Å². The molecule has 0 aromatic heterocycles. The highest BCUT2D eigenvalue weighted by Gasteiger charge is 1.97. The Bertz CT molecular complexity index is 486. The fraction of sp³-hybridized carbons (Fsp3) is 0.357. The van der Waals surface area contributed by atoms with Crippen molar-refractivity contribution in [2.45, 2.75) is 26.3 Å². The minimum atomic E-state index is -0.277. The molecule has 0 spiro atoms. The number of halogens is 2. The molecule has 96 valence electrons. The number of hydrogen-bond acceptors (Lipinski definition) is 2. The molecule has 2 nitrogen and oxygen atoms in total. The van der Waals surface area contributed by atoms with Gasteiger partial charge in [0.15, 0.2) is 0 Å². The van der Waals surface area contributed by atoms with Crippen LogP contribution >= 0.6 is 15.9 Å². The summed E-state index contributed by atoms with van der Waals surface area (Å²) in [7, 11) is 1.92. The third-order valence-electron chi connectivity index (χ3n) is 2.36. The Morgan fingerprint density at radius 2 is 2.22 bits per heavy atom. The van der Waals surface area contributed by atoms with E-state index in [0.717, 1.165) is 5.56 Å². The predicted octanol–water partition coefficient (Wildman–Crippen LogP) is 3.66. The summed E-state index contributed by atoms with van der Waals surface area (Å²) in [6.07, 6.45) is 2.34. The predicted molar refractivity (Wildman–Crippen MR) is 77.0 cm³/mol. The fourth-order valence-electron chi connectivity index (χ4n) is 1.08. The zero-order valence-electron chi connectivity index (χ0n) is 10.7. The first kappa shape index (κ1) is 14.7. The van der Waals surface area contributed by atoms with Crippen molar-refractivity contribution >= 4 is 22.1 Å². The summed E-state index contributed by atoms with van der Waals surface area (Å²) in [5, 5.41) is 6.09. The first-order valence-electron chi connectivity index (χ1n) is 5.70. The highest BCUT2D eigenvalue weighted by atomic mass is 79.9. The van der Waals surface area contributed by atoms with Crippen molar-refractivity contribution in [1.82, 2.24) is 5.01 Å². The van der Waals surface area contributed by atoms with E-state index in [1.807, 2.05) is 12.1 Å². The molecule has 4 heteroatoms. The van der Waals surface area contributed by atoms with Crippen LogP contribution in [0.5, 0.6) is 0 Å². The zero-order chi connectivity index (χ0) is 13.5. The molecular formula is C14H16BrFN2. The first-order valence-corrected chi connectivity index (χ1v) is 6.49. The SMILES string of the molecule is CC(C)N(C)/N=C\CC#Cc1ccc(F)c(Br)c1. The maximum atomic E-state index is 13.0. The normalized spacial score (nSPS) is 10.6. The van der Waals surface area contributed by atoms with Crippen molar-refractivity contribution in [1.29, 1.82) is 0 Å². The van der Waals surface area contributed by atoms with E-state index in [2.05, 4.69) is 46.7 Å². The van der Waals surface area contributed by atoms with E-state index in [4.69, 9.17) is 0 Å². The Balaban J connectivity index is 2.54. The number of rotatable bonds is 3. The third kappa shape index (κ3) is 4.89. The minimum absolute atomic E-state index is 0.277. The molecule has 1 rings (SSSR count). The fourth-order valence-corrected chi connectivity index (χ4v) is 1.45. The quantitative estimate of drug-likeness (QED) is 0.472. The largest absolute Gasteiger partial charge is 0.298 e. The van der Waals surface area contributed by atoms with Gasteiger partial charge in [-0.1, -0.05) is 11.8 Å². The Morgan fingerprint density at radius 1 is 1.50 bits per heavy atom. The molecule has 1 aromatic carbocycles. The van der Waals surface area contributed by atoms with Crippen LogP contribution in [0.25, 0.3) is 0 Å². The van der Waals surface area contributed by atoms with Gasteiger partial charge < -0.3 is 0 Å². The molecule has 0 saturated carbocycles. The maximum Gasteiger partial charge on any atom is 0.137 e. The standard InChI is InChI=1S/C14H16BrFN2/c1-11(2)18(3)17-9-5-4-6-12-7-8-14(16)13(15)10-12/h7-11H,5H2,1-3H3/b17-9-. The van der Waals surface area contributed by atoms with E-state index in [1.165, 1.54) is 6.07 Å². The Labute approximate surface area is 116 Å².